The molecule has 1 aliphatic heterocycles. The van der Waals surface area contributed by atoms with E-state index in [1.807, 2.05) is 51.9 Å². The predicted octanol–water partition coefficient (Wildman–Crippen LogP) is 2.91. The third-order valence-electron chi connectivity index (χ3n) is 6.64. The number of likely N-dealkylation sites (N-methyl/N-ethyl adjacent to an activating group) is 1. The number of rotatable bonds is 5. The summed E-state index contributed by atoms with van der Waals surface area (Å²) in [7, 11) is 0. The topological polar surface area (TPSA) is 82.8 Å². The summed E-state index contributed by atoms with van der Waals surface area (Å²) >= 11 is 0. The molecule has 166 valence electrons. The van der Waals surface area contributed by atoms with Gasteiger partial charge in [-0.05, 0) is 43.7 Å². The van der Waals surface area contributed by atoms with E-state index in [1.54, 1.807) is 0 Å². The molecule has 0 spiro atoms. The van der Waals surface area contributed by atoms with Gasteiger partial charge in [0.15, 0.2) is 11.5 Å². The lowest BCUT2D eigenvalue weighted by atomic mass is 9.85. The largest absolute Gasteiger partial charge is 0.336 e. The van der Waals surface area contributed by atoms with E-state index in [2.05, 4.69) is 27.3 Å². The van der Waals surface area contributed by atoms with E-state index in [0.29, 0.717) is 17.0 Å². The Kier molecular flexibility index (Phi) is 5.61. The highest BCUT2D eigenvalue weighted by Crippen LogP contribution is 2.28. The molecule has 3 aromatic rings. The molecule has 1 N–H and O–H groups in total. The van der Waals surface area contributed by atoms with Gasteiger partial charge in [0.2, 0.25) is 5.91 Å². The van der Waals surface area contributed by atoms with Gasteiger partial charge in [-0.1, -0.05) is 25.5 Å². The Labute approximate surface area is 187 Å². The van der Waals surface area contributed by atoms with Gasteiger partial charge in [0.25, 0.3) is 5.91 Å². The smallest absolute Gasteiger partial charge is 0.253 e. The lowest BCUT2D eigenvalue weighted by Crippen LogP contribution is -2.48. The van der Waals surface area contributed by atoms with E-state index in [-0.39, 0.29) is 17.7 Å². The fourth-order valence-corrected chi connectivity index (χ4v) is 4.29. The number of hydrogen-bond donors (Lipinski definition) is 1. The standard InChI is InChI=1S/C24H28N6O2/c1-2-28-12-14-29(15-13-28)24(32)19-8-6-17(7-9-19)22-27-26-21-11-10-20(16-30(21)22)25-23(31)18-4-3-5-18/h6-11,16,18H,2-5,12-15H2,1H3,(H,25,31). The minimum atomic E-state index is 0.0689. The van der Waals surface area contributed by atoms with E-state index >= 15 is 0 Å². The fraction of sp³-hybridized carbons (Fsp3) is 0.417. The molecular formula is C24H28N6O2. The molecular weight excluding hydrogens is 404 g/mol. The van der Waals surface area contributed by atoms with Crippen molar-refractivity contribution in [3.63, 3.8) is 0 Å². The van der Waals surface area contributed by atoms with Crippen LogP contribution in [0.1, 0.15) is 36.5 Å². The van der Waals surface area contributed by atoms with Crippen molar-refractivity contribution in [2.75, 3.05) is 38.0 Å². The molecule has 32 heavy (non-hydrogen) atoms. The number of aromatic nitrogens is 3. The Hall–Kier alpha value is -3.26. The molecule has 2 fully saturated rings. The first-order valence-corrected chi connectivity index (χ1v) is 11.4. The zero-order valence-electron chi connectivity index (χ0n) is 18.3. The van der Waals surface area contributed by atoms with Crippen molar-refractivity contribution < 1.29 is 9.59 Å². The zero-order valence-corrected chi connectivity index (χ0v) is 18.3. The van der Waals surface area contributed by atoms with Crippen molar-refractivity contribution in [2.45, 2.75) is 26.2 Å². The SMILES string of the molecule is CCN1CCN(C(=O)c2ccc(-c3nnc4ccc(NC(=O)C5CCC5)cn34)cc2)CC1. The summed E-state index contributed by atoms with van der Waals surface area (Å²) in [6.07, 6.45) is 4.91. The van der Waals surface area contributed by atoms with Crippen LogP contribution in [0.15, 0.2) is 42.6 Å². The number of hydrogen-bond acceptors (Lipinski definition) is 5. The summed E-state index contributed by atoms with van der Waals surface area (Å²) < 4.78 is 1.87. The van der Waals surface area contributed by atoms with E-state index in [4.69, 9.17) is 0 Å². The highest BCUT2D eigenvalue weighted by atomic mass is 16.2. The normalized spacial score (nSPS) is 17.3. The van der Waals surface area contributed by atoms with Gasteiger partial charge in [-0.3, -0.25) is 14.0 Å². The average molecular weight is 433 g/mol. The van der Waals surface area contributed by atoms with Gasteiger partial charge in [-0.2, -0.15) is 0 Å². The summed E-state index contributed by atoms with van der Waals surface area (Å²) in [5.74, 6) is 0.948. The Morgan fingerprint density at radius 2 is 1.75 bits per heavy atom. The van der Waals surface area contributed by atoms with Crippen molar-refractivity contribution in [2.24, 2.45) is 5.92 Å². The van der Waals surface area contributed by atoms with E-state index in [9.17, 15) is 9.59 Å². The Morgan fingerprint density at radius 3 is 2.41 bits per heavy atom. The van der Waals surface area contributed by atoms with Crippen molar-refractivity contribution in [1.29, 1.82) is 0 Å². The number of pyridine rings is 1. The molecule has 2 aliphatic rings. The number of carbonyl (C=O) groups excluding carboxylic acids is 2. The molecule has 2 aromatic heterocycles. The molecule has 8 nitrogen and oxygen atoms in total. The summed E-state index contributed by atoms with van der Waals surface area (Å²) in [5.41, 5.74) is 2.98. The average Bonchev–Trinajstić information content (AvgIpc) is 3.21. The molecule has 1 saturated carbocycles. The number of carbonyl (C=O) groups is 2. The maximum Gasteiger partial charge on any atom is 0.253 e. The Bertz CT molecular complexity index is 1130. The second-order valence-electron chi connectivity index (χ2n) is 8.59. The molecule has 0 atom stereocenters. The Morgan fingerprint density at radius 1 is 1.00 bits per heavy atom. The maximum absolute atomic E-state index is 12.9. The highest BCUT2D eigenvalue weighted by molar-refractivity contribution is 5.95. The molecule has 1 aliphatic carbocycles. The third-order valence-corrected chi connectivity index (χ3v) is 6.64. The van der Waals surface area contributed by atoms with Crippen LogP contribution in [-0.2, 0) is 4.79 Å². The zero-order chi connectivity index (χ0) is 22.1. The number of nitrogens with one attached hydrogen (secondary N) is 1. The van der Waals surface area contributed by atoms with Crippen molar-refractivity contribution in [3.8, 4) is 11.4 Å². The van der Waals surface area contributed by atoms with Crippen LogP contribution in [0.4, 0.5) is 5.69 Å². The van der Waals surface area contributed by atoms with Crippen molar-refractivity contribution in [1.82, 2.24) is 24.4 Å². The number of fused-ring (bicyclic) bond motifs is 1. The Balaban J connectivity index is 1.33. The van der Waals surface area contributed by atoms with Gasteiger partial charge in [0.05, 0.1) is 5.69 Å². The quantitative estimate of drug-likeness (QED) is 0.670. The first-order valence-electron chi connectivity index (χ1n) is 11.4. The van der Waals surface area contributed by atoms with Gasteiger partial charge in [0.1, 0.15) is 0 Å². The second kappa shape index (κ2) is 8.70. The molecule has 1 saturated heterocycles. The summed E-state index contributed by atoms with van der Waals surface area (Å²) in [4.78, 5) is 29.4. The first-order chi connectivity index (χ1) is 15.6. The van der Waals surface area contributed by atoms with Crippen LogP contribution >= 0.6 is 0 Å². The molecule has 1 aromatic carbocycles. The first kappa shape index (κ1) is 20.6. The van der Waals surface area contributed by atoms with Crippen LogP contribution < -0.4 is 5.32 Å². The number of benzene rings is 1. The van der Waals surface area contributed by atoms with E-state index < -0.39 is 0 Å². The summed E-state index contributed by atoms with van der Waals surface area (Å²) in [6.45, 7) is 6.54. The number of nitrogens with zero attached hydrogens (tertiary/aromatic N) is 5. The van der Waals surface area contributed by atoms with E-state index in [0.717, 1.165) is 63.2 Å². The number of amides is 2. The third kappa shape index (κ3) is 3.98. The molecule has 0 bridgehead atoms. The van der Waals surface area contributed by atoms with Gasteiger partial charge >= 0.3 is 0 Å². The second-order valence-corrected chi connectivity index (χ2v) is 8.59. The van der Waals surface area contributed by atoms with Crippen LogP contribution in [0.3, 0.4) is 0 Å². The molecule has 2 amide bonds. The van der Waals surface area contributed by atoms with Crippen molar-refractivity contribution in [3.05, 3.63) is 48.2 Å². The van der Waals surface area contributed by atoms with Gasteiger partial charge in [0, 0.05) is 49.4 Å². The summed E-state index contributed by atoms with van der Waals surface area (Å²) in [6, 6.07) is 11.2. The van der Waals surface area contributed by atoms with Crippen molar-refractivity contribution >= 4 is 23.1 Å². The van der Waals surface area contributed by atoms with Gasteiger partial charge in [-0.25, -0.2) is 0 Å². The van der Waals surface area contributed by atoms with Gasteiger partial charge in [-0.15, -0.1) is 10.2 Å². The minimum absolute atomic E-state index is 0.0689. The van der Waals surface area contributed by atoms with Crippen LogP contribution in [-0.4, -0.2) is 68.9 Å². The molecule has 8 heteroatoms. The molecule has 0 unspecified atom stereocenters. The fourth-order valence-electron chi connectivity index (χ4n) is 4.29. The molecule has 5 rings (SSSR count). The van der Waals surface area contributed by atoms with Crippen LogP contribution in [0.5, 0.6) is 0 Å². The monoisotopic (exact) mass is 432 g/mol. The lowest BCUT2D eigenvalue weighted by Gasteiger charge is -2.34. The predicted molar refractivity (Wildman–Crippen MR) is 122 cm³/mol. The van der Waals surface area contributed by atoms with Crippen LogP contribution in [0.2, 0.25) is 0 Å². The number of anilines is 1. The lowest BCUT2D eigenvalue weighted by molar-refractivity contribution is -0.122. The number of piperazine rings is 1. The van der Waals surface area contributed by atoms with Crippen LogP contribution in [0.25, 0.3) is 17.0 Å². The minimum Gasteiger partial charge on any atom is -0.336 e. The summed E-state index contributed by atoms with van der Waals surface area (Å²) in [5, 5.41) is 11.6. The van der Waals surface area contributed by atoms with E-state index in [1.165, 1.54) is 0 Å². The van der Waals surface area contributed by atoms with Gasteiger partial charge < -0.3 is 15.1 Å². The molecule has 0 radical (unpaired) electrons. The molecule has 3 heterocycles. The van der Waals surface area contributed by atoms with Crippen LogP contribution in [0, 0.1) is 5.92 Å². The highest BCUT2D eigenvalue weighted by Gasteiger charge is 2.25. The maximum atomic E-state index is 12.9.